The summed E-state index contributed by atoms with van der Waals surface area (Å²) in [5.41, 5.74) is 2.79. The highest BCUT2D eigenvalue weighted by molar-refractivity contribution is 5.62. The van der Waals surface area contributed by atoms with Crippen molar-refractivity contribution in [2.75, 3.05) is 18.4 Å². The van der Waals surface area contributed by atoms with Crippen molar-refractivity contribution >= 4 is 11.3 Å². The topological polar surface area (TPSA) is 24.4 Å². The van der Waals surface area contributed by atoms with Crippen LogP contribution in [0.4, 0.5) is 5.69 Å². The predicted molar refractivity (Wildman–Crippen MR) is 48.6 cm³/mol. The van der Waals surface area contributed by atoms with Gasteiger partial charge in [0.25, 0.3) is 0 Å². The van der Waals surface area contributed by atoms with E-state index in [4.69, 9.17) is 0 Å². The number of nitrogens with one attached hydrogen (secondary N) is 1. The summed E-state index contributed by atoms with van der Waals surface area (Å²) in [6.45, 7) is 2.00. The van der Waals surface area contributed by atoms with Gasteiger partial charge in [-0.05, 0) is 24.1 Å². The molecule has 0 spiro atoms. The molecule has 0 aliphatic carbocycles. The first-order valence-electron chi connectivity index (χ1n) is 4.34. The van der Waals surface area contributed by atoms with Crippen molar-refractivity contribution in [1.29, 1.82) is 0 Å². The van der Waals surface area contributed by atoms with Gasteiger partial charge in [0.15, 0.2) is 0 Å². The number of benzene rings is 1. The predicted octanol–water partition coefficient (Wildman–Crippen LogP) is 0.286. The van der Waals surface area contributed by atoms with Crippen LogP contribution in [0.5, 0.6) is 0 Å². The first-order valence-corrected chi connectivity index (χ1v) is 4.34. The van der Waals surface area contributed by atoms with Gasteiger partial charge in [0.2, 0.25) is 0 Å². The third-order valence-corrected chi connectivity index (χ3v) is 2.58. The molecule has 0 bridgehead atoms. The van der Waals surface area contributed by atoms with Gasteiger partial charge in [0, 0.05) is 17.5 Å². The van der Waals surface area contributed by atoms with Gasteiger partial charge in [0.05, 0.1) is 11.9 Å². The molecule has 1 N–H and O–H groups in total. The highest BCUT2D eigenvalue weighted by atomic mass is 14.9. The molecule has 2 aliphatic rings. The third kappa shape index (κ3) is 0.670. The Labute approximate surface area is 70.6 Å². The number of anilines is 1. The molecule has 0 saturated carbocycles. The lowest BCUT2D eigenvalue weighted by Crippen LogP contribution is -2.30. The van der Waals surface area contributed by atoms with Gasteiger partial charge >= 0.3 is 0 Å². The summed E-state index contributed by atoms with van der Waals surface area (Å²) in [5.74, 6) is 0. The van der Waals surface area contributed by atoms with Crippen LogP contribution >= 0.6 is 0 Å². The molecule has 0 aromatic heterocycles. The molecule has 0 radical (unpaired) electrons. The largest absolute Gasteiger partial charge is 0.384 e. The van der Waals surface area contributed by atoms with Crippen LogP contribution < -0.4 is 15.9 Å². The molecular weight excluding hydrogens is 148 g/mol. The molecule has 2 aliphatic heterocycles. The maximum absolute atomic E-state index is 4.48. The van der Waals surface area contributed by atoms with E-state index in [1.807, 2.05) is 0 Å². The maximum atomic E-state index is 4.48. The van der Waals surface area contributed by atoms with Crippen LogP contribution in [-0.2, 0) is 0 Å². The number of nitrogens with zero attached hydrogens (tertiary/aromatic N) is 1. The first kappa shape index (κ1) is 6.23. The van der Waals surface area contributed by atoms with E-state index in [1.165, 1.54) is 21.8 Å². The van der Waals surface area contributed by atoms with Crippen LogP contribution in [0.15, 0.2) is 23.2 Å². The van der Waals surface area contributed by atoms with E-state index in [-0.39, 0.29) is 0 Å². The van der Waals surface area contributed by atoms with Crippen LogP contribution in [0, 0.1) is 0 Å². The van der Waals surface area contributed by atoms with Crippen molar-refractivity contribution in [2.45, 2.75) is 6.42 Å². The van der Waals surface area contributed by atoms with E-state index in [0.717, 1.165) is 19.5 Å². The van der Waals surface area contributed by atoms with Gasteiger partial charge in [0.1, 0.15) is 0 Å². The van der Waals surface area contributed by atoms with Crippen LogP contribution in [0.2, 0.25) is 0 Å². The van der Waals surface area contributed by atoms with Gasteiger partial charge < -0.3 is 5.32 Å². The van der Waals surface area contributed by atoms with Gasteiger partial charge in [-0.3, -0.25) is 4.99 Å². The summed E-state index contributed by atoms with van der Waals surface area (Å²) in [6, 6.07) is 6.30. The fourth-order valence-electron chi connectivity index (χ4n) is 2.00. The Kier molecular flexibility index (Phi) is 1.09. The summed E-state index contributed by atoms with van der Waals surface area (Å²) in [5, 5.41) is 5.95. The second kappa shape index (κ2) is 2.09. The Hall–Kier alpha value is -1.31. The van der Waals surface area contributed by atoms with Gasteiger partial charge in [-0.25, -0.2) is 0 Å². The monoisotopic (exact) mass is 158 g/mol. The van der Waals surface area contributed by atoms with Gasteiger partial charge in [-0.15, -0.1) is 0 Å². The van der Waals surface area contributed by atoms with Gasteiger partial charge in [-0.2, -0.15) is 0 Å². The average molecular weight is 158 g/mol. The van der Waals surface area contributed by atoms with Crippen molar-refractivity contribution < 1.29 is 0 Å². The lowest BCUT2D eigenvalue weighted by molar-refractivity contribution is 1.02. The fourth-order valence-corrected chi connectivity index (χ4v) is 2.00. The van der Waals surface area contributed by atoms with Crippen molar-refractivity contribution in [3.8, 4) is 0 Å². The molecule has 0 saturated heterocycles. The van der Waals surface area contributed by atoms with E-state index < -0.39 is 0 Å². The molecule has 0 amide bonds. The number of hydrogen-bond acceptors (Lipinski definition) is 2. The maximum Gasteiger partial charge on any atom is 0.0671 e. The zero-order chi connectivity index (χ0) is 7.97. The number of hydrogen-bond donors (Lipinski definition) is 1. The minimum absolute atomic E-state index is 0.925. The van der Waals surface area contributed by atoms with Crippen molar-refractivity contribution in [3.05, 3.63) is 28.8 Å². The summed E-state index contributed by atoms with van der Waals surface area (Å²) in [7, 11) is 0. The highest BCUT2D eigenvalue weighted by Crippen LogP contribution is 2.12. The fraction of sp³-hybridized carbons (Fsp3) is 0.300. The molecular formula is C10H10N2. The molecule has 0 fully saturated rings. The van der Waals surface area contributed by atoms with E-state index in [1.54, 1.807) is 0 Å². The highest BCUT2D eigenvalue weighted by Gasteiger charge is 2.13. The molecule has 2 heteroatoms. The molecule has 60 valence electrons. The molecule has 12 heavy (non-hydrogen) atoms. The lowest BCUT2D eigenvalue weighted by Gasteiger charge is -2.13. The second-order valence-corrected chi connectivity index (χ2v) is 3.30. The van der Waals surface area contributed by atoms with Crippen molar-refractivity contribution in [2.24, 2.45) is 4.99 Å². The zero-order valence-corrected chi connectivity index (χ0v) is 6.80. The Morgan fingerprint density at radius 2 is 2.33 bits per heavy atom. The van der Waals surface area contributed by atoms with E-state index in [2.05, 4.69) is 28.5 Å². The molecule has 1 aromatic carbocycles. The SMILES string of the molecule is c1cc2c3c(c1)=NCC=3CCN2. The Morgan fingerprint density at radius 1 is 1.33 bits per heavy atom. The molecule has 3 rings (SSSR count). The molecule has 2 nitrogen and oxygen atoms in total. The van der Waals surface area contributed by atoms with Crippen LogP contribution in [0.1, 0.15) is 6.42 Å². The van der Waals surface area contributed by atoms with Crippen LogP contribution in [-0.4, -0.2) is 13.1 Å². The van der Waals surface area contributed by atoms with E-state index >= 15 is 0 Å². The van der Waals surface area contributed by atoms with E-state index in [0.29, 0.717) is 0 Å². The Morgan fingerprint density at radius 3 is 3.33 bits per heavy atom. The standard InChI is InChI=1S/C10H10N2/c1-2-8-10-7(4-5-11-8)6-12-9(10)3-1/h1-3,11H,4-6H2. The Balaban J connectivity index is 2.52. The minimum Gasteiger partial charge on any atom is -0.384 e. The summed E-state index contributed by atoms with van der Waals surface area (Å²) in [4.78, 5) is 4.48. The molecule has 0 atom stereocenters. The summed E-state index contributed by atoms with van der Waals surface area (Å²) >= 11 is 0. The van der Waals surface area contributed by atoms with Crippen molar-refractivity contribution in [1.82, 2.24) is 0 Å². The van der Waals surface area contributed by atoms with Crippen LogP contribution in [0.3, 0.4) is 0 Å². The summed E-state index contributed by atoms with van der Waals surface area (Å²) < 4.78 is 0. The minimum atomic E-state index is 0.925. The van der Waals surface area contributed by atoms with Crippen molar-refractivity contribution in [3.63, 3.8) is 0 Å². The van der Waals surface area contributed by atoms with Gasteiger partial charge in [-0.1, -0.05) is 6.07 Å². The normalized spacial score (nSPS) is 18.2. The third-order valence-electron chi connectivity index (χ3n) is 2.58. The molecule has 1 aromatic rings. The first-order chi connectivity index (χ1) is 5.95. The average Bonchev–Trinajstić information content (AvgIpc) is 2.52. The zero-order valence-electron chi connectivity index (χ0n) is 6.80. The quantitative estimate of drug-likeness (QED) is 0.576. The van der Waals surface area contributed by atoms with Crippen LogP contribution in [0.25, 0.3) is 5.57 Å². The Bertz CT molecular complexity index is 445. The number of rotatable bonds is 0. The lowest BCUT2D eigenvalue weighted by atomic mass is 10.1. The second-order valence-electron chi connectivity index (χ2n) is 3.30. The smallest absolute Gasteiger partial charge is 0.0671 e. The molecule has 0 unspecified atom stereocenters. The van der Waals surface area contributed by atoms with E-state index in [9.17, 15) is 0 Å². The summed E-state index contributed by atoms with van der Waals surface area (Å²) in [6.07, 6.45) is 1.16. The molecule has 2 heterocycles.